The molecule has 0 aliphatic rings. The quantitative estimate of drug-likeness (QED) is 0.451. The highest BCUT2D eigenvalue weighted by Gasteiger charge is 2.16. The molecular weight excluding hydrogens is 350 g/mol. The van der Waals surface area contributed by atoms with E-state index >= 15 is 0 Å². The fraction of sp³-hybridized carbons (Fsp3) is 0.222. The second-order valence-electron chi connectivity index (χ2n) is 2.58. The van der Waals surface area contributed by atoms with Gasteiger partial charge in [-0.1, -0.05) is 28.1 Å². The first kappa shape index (κ1) is 11.1. The van der Waals surface area contributed by atoms with Gasteiger partial charge in [0.15, 0.2) is 5.78 Å². The summed E-state index contributed by atoms with van der Waals surface area (Å²) in [6, 6.07) is 4.52. The van der Waals surface area contributed by atoms with Gasteiger partial charge in [-0.3, -0.25) is 4.79 Å². The van der Waals surface area contributed by atoms with Crippen LogP contribution in [0.15, 0.2) is 18.2 Å². The zero-order valence-corrected chi connectivity index (χ0v) is 10.6. The maximum Gasteiger partial charge on any atom is 0.177 e. The molecule has 0 aromatic heterocycles. The van der Waals surface area contributed by atoms with Crippen molar-refractivity contribution < 1.29 is 9.18 Å². The molecule has 0 N–H and O–H groups in total. The van der Waals surface area contributed by atoms with E-state index in [9.17, 15) is 9.18 Å². The third-order valence-electron chi connectivity index (χ3n) is 1.58. The normalized spacial score (nSPS) is 12.6. The minimum absolute atomic E-state index is 0.0936. The van der Waals surface area contributed by atoms with Crippen molar-refractivity contribution in [3.63, 3.8) is 0 Å². The molecule has 1 nitrogen and oxygen atoms in total. The Bertz CT molecular complexity index is 338. The predicted octanol–water partition coefficient (Wildman–Crippen LogP) is 3.40. The third kappa shape index (κ3) is 2.49. The molecule has 0 aliphatic heterocycles. The largest absolute Gasteiger partial charge is 0.293 e. The van der Waals surface area contributed by atoms with Gasteiger partial charge < -0.3 is 0 Å². The number of ketones is 1. The van der Waals surface area contributed by atoms with Gasteiger partial charge in [-0.2, -0.15) is 0 Å². The van der Waals surface area contributed by atoms with Crippen molar-refractivity contribution in [3.8, 4) is 0 Å². The van der Waals surface area contributed by atoms with E-state index in [1.807, 2.05) is 22.6 Å². The van der Waals surface area contributed by atoms with Crippen LogP contribution in [0.25, 0.3) is 0 Å². The number of hydrogen-bond donors (Lipinski definition) is 0. The number of alkyl halides is 1. The Morgan fingerprint density at radius 3 is 2.77 bits per heavy atom. The van der Waals surface area contributed by atoms with Gasteiger partial charge in [0.1, 0.15) is 5.82 Å². The van der Waals surface area contributed by atoms with Crippen LogP contribution in [0.5, 0.6) is 0 Å². The molecular formula is C9H7BrFIO. The molecule has 0 aliphatic carbocycles. The molecule has 1 aromatic rings. The van der Waals surface area contributed by atoms with Gasteiger partial charge in [-0.05, 0) is 35.6 Å². The van der Waals surface area contributed by atoms with Gasteiger partial charge in [0.05, 0.1) is 8.40 Å². The highest BCUT2D eigenvalue weighted by Crippen LogP contribution is 2.19. The number of hydrogen-bond acceptors (Lipinski definition) is 1. The summed E-state index contributed by atoms with van der Waals surface area (Å²) in [7, 11) is 0. The van der Waals surface area contributed by atoms with Gasteiger partial charge in [0, 0.05) is 5.56 Å². The van der Waals surface area contributed by atoms with E-state index in [-0.39, 0.29) is 16.4 Å². The summed E-state index contributed by atoms with van der Waals surface area (Å²) in [5.41, 5.74) is 0.435. The van der Waals surface area contributed by atoms with Gasteiger partial charge in [-0.25, -0.2) is 4.39 Å². The zero-order valence-electron chi connectivity index (χ0n) is 6.85. The third-order valence-corrected chi connectivity index (χ3v) is 3.09. The summed E-state index contributed by atoms with van der Waals surface area (Å²) in [6.45, 7) is 1.73. The van der Waals surface area contributed by atoms with Crippen LogP contribution in [0.1, 0.15) is 17.3 Å². The van der Waals surface area contributed by atoms with Gasteiger partial charge >= 0.3 is 0 Å². The average molecular weight is 357 g/mol. The summed E-state index contributed by atoms with van der Waals surface area (Å²) in [6.07, 6.45) is 0. The Morgan fingerprint density at radius 1 is 1.62 bits per heavy atom. The molecule has 0 spiro atoms. The Morgan fingerprint density at radius 2 is 2.23 bits per heavy atom. The second kappa shape index (κ2) is 4.50. The first-order chi connectivity index (χ1) is 6.04. The maximum atomic E-state index is 13.0. The van der Waals surface area contributed by atoms with Crippen LogP contribution in [-0.2, 0) is 0 Å². The first-order valence-electron chi connectivity index (χ1n) is 3.66. The summed E-state index contributed by atoms with van der Waals surface area (Å²) in [5, 5.41) is 0. The summed E-state index contributed by atoms with van der Waals surface area (Å²) < 4.78 is 13.4. The van der Waals surface area contributed by atoms with E-state index in [2.05, 4.69) is 15.9 Å². The van der Waals surface area contributed by atoms with E-state index in [0.717, 1.165) is 0 Å². The average Bonchev–Trinajstić information content (AvgIpc) is 2.08. The molecule has 70 valence electrons. The fourth-order valence-corrected chi connectivity index (χ4v) is 1.78. The molecule has 13 heavy (non-hydrogen) atoms. The minimum atomic E-state index is -0.348. The van der Waals surface area contributed by atoms with Crippen LogP contribution < -0.4 is 0 Å². The summed E-state index contributed by atoms with van der Waals surface area (Å²) >= 11 is 5.00. The number of halogens is 3. The van der Waals surface area contributed by atoms with E-state index < -0.39 is 0 Å². The molecule has 4 heteroatoms. The lowest BCUT2D eigenvalue weighted by Gasteiger charge is -2.05. The smallest absolute Gasteiger partial charge is 0.177 e. The maximum absolute atomic E-state index is 13.0. The van der Waals surface area contributed by atoms with Crippen LogP contribution in [0.4, 0.5) is 4.39 Å². The monoisotopic (exact) mass is 356 g/mol. The molecule has 0 fully saturated rings. The molecule has 1 atom stereocenters. The van der Waals surface area contributed by atoms with Crippen molar-refractivity contribution in [2.45, 2.75) is 11.8 Å². The van der Waals surface area contributed by atoms with Crippen LogP contribution in [-0.4, -0.2) is 10.6 Å². The Balaban J connectivity index is 3.15. The van der Waals surface area contributed by atoms with Crippen LogP contribution in [0.3, 0.4) is 0 Å². The lowest BCUT2D eigenvalue weighted by molar-refractivity contribution is 0.0994. The summed E-state index contributed by atoms with van der Waals surface area (Å²) in [5.74, 6) is -0.441. The Hall–Kier alpha value is 0.0300. The van der Waals surface area contributed by atoms with Crippen LogP contribution in [0.2, 0.25) is 0 Å². The van der Waals surface area contributed by atoms with E-state index in [0.29, 0.717) is 9.13 Å². The summed E-state index contributed by atoms with van der Waals surface area (Å²) in [4.78, 5) is 11.2. The van der Waals surface area contributed by atoms with E-state index in [4.69, 9.17) is 0 Å². The van der Waals surface area contributed by atoms with Gasteiger partial charge in [0.2, 0.25) is 0 Å². The molecule has 0 saturated carbocycles. The number of carbonyl (C=O) groups excluding carboxylic acids is 1. The Kier molecular flexibility index (Phi) is 3.85. The first-order valence-corrected chi connectivity index (χ1v) is 5.65. The van der Waals surface area contributed by atoms with Crippen molar-refractivity contribution in [1.82, 2.24) is 0 Å². The SMILES string of the molecule is CC(Br)C(=O)c1cccc(F)c1I. The molecule has 0 saturated heterocycles. The molecule has 1 aromatic carbocycles. The van der Waals surface area contributed by atoms with Crippen molar-refractivity contribution >= 4 is 44.3 Å². The lowest BCUT2D eigenvalue weighted by Crippen LogP contribution is -2.12. The van der Waals surface area contributed by atoms with E-state index in [1.54, 1.807) is 19.1 Å². The molecule has 0 radical (unpaired) electrons. The van der Waals surface area contributed by atoms with Crippen molar-refractivity contribution in [3.05, 3.63) is 33.1 Å². The molecule has 0 amide bonds. The van der Waals surface area contributed by atoms with Crippen molar-refractivity contribution in [2.75, 3.05) is 0 Å². The molecule has 0 heterocycles. The standard InChI is InChI=1S/C9H7BrFIO/c1-5(10)9(13)6-3-2-4-7(11)8(6)12/h2-5H,1H3. The highest BCUT2D eigenvalue weighted by atomic mass is 127. The Labute approximate surface area is 98.0 Å². The predicted molar refractivity (Wildman–Crippen MR) is 61.8 cm³/mol. The fourth-order valence-electron chi connectivity index (χ4n) is 0.908. The minimum Gasteiger partial charge on any atom is -0.293 e. The van der Waals surface area contributed by atoms with Crippen molar-refractivity contribution in [1.29, 1.82) is 0 Å². The van der Waals surface area contributed by atoms with Crippen LogP contribution in [0, 0.1) is 9.39 Å². The van der Waals surface area contributed by atoms with Gasteiger partial charge in [0.25, 0.3) is 0 Å². The van der Waals surface area contributed by atoms with Crippen LogP contribution >= 0.6 is 38.5 Å². The number of rotatable bonds is 2. The zero-order chi connectivity index (χ0) is 10.0. The number of carbonyl (C=O) groups is 1. The molecule has 1 rings (SSSR count). The number of Topliss-reactive ketones (excluding diaryl/α,β-unsaturated/α-hetero) is 1. The molecule has 1 unspecified atom stereocenters. The van der Waals surface area contributed by atoms with E-state index in [1.165, 1.54) is 6.07 Å². The van der Waals surface area contributed by atoms with Gasteiger partial charge in [-0.15, -0.1) is 0 Å². The van der Waals surface area contributed by atoms with Crippen molar-refractivity contribution in [2.24, 2.45) is 0 Å². The topological polar surface area (TPSA) is 17.1 Å². The lowest BCUT2D eigenvalue weighted by atomic mass is 10.1. The highest BCUT2D eigenvalue weighted by molar-refractivity contribution is 14.1. The number of benzene rings is 1. The second-order valence-corrected chi connectivity index (χ2v) is 5.03. The molecule has 0 bridgehead atoms.